The molecule has 20 heavy (non-hydrogen) atoms. The van der Waals surface area contributed by atoms with Gasteiger partial charge in [0.25, 0.3) is 0 Å². The summed E-state index contributed by atoms with van der Waals surface area (Å²) in [6.07, 6.45) is 0. The molecule has 0 radical (unpaired) electrons. The minimum absolute atomic E-state index is 0.133. The van der Waals surface area contributed by atoms with E-state index in [4.69, 9.17) is 0 Å². The normalized spacial score (nSPS) is 12.1. The van der Waals surface area contributed by atoms with Crippen LogP contribution in [0, 0.1) is 12.7 Å². The van der Waals surface area contributed by atoms with Crippen LogP contribution in [0.15, 0.2) is 42.5 Å². The predicted molar refractivity (Wildman–Crippen MR) is 83.9 cm³/mol. The number of benzene rings is 2. The van der Waals surface area contributed by atoms with E-state index in [1.807, 2.05) is 20.2 Å². The zero-order valence-electron chi connectivity index (χ0n) is 12.4. The molecule has 0 spiro atoms. The summed E-state index contributed by atoms with van der Waals surface area (Å²) in [7, 11) is 4.04. The molecule has 0 fully saturated rings. The topological polar surface area (TPSA) is 15.3 Å². The highest BCUT2D eigenvalue weighted by Gasteiger charge is 2.07. The summed E-state index contributed by atoms with van der Waals surface area (Å²) < 4.78 is 13.5. The second kappa shape index (κ2) is 5.95. The molecule has 0 aliphatic heterocycles. The van der Waals surface area contributed by atoms with Crippen molar-refractivity contribution in [3.8, 4) is 0 Å². The molecule has 2 aromatic carbocycles. The van der Waals surface area contributed by atoms with Crippen LogP contribution in [0.5, 0.6) is 0 Å². The maximum atomic E-state index is 13.5. The predicted octanol–water partition coefficient (Wildman–Crippen LogP) is 4.37. The van der Waals surface area contributed by atoms with E-state index in [1.54, 1.807) is 19.1 Å². The van der Waals surface area contributed by atoms with E-state index in [1.165, 1.54) is 11.3 Å². The number of nitrogens with zero attached hydrogens (tertiary/aromatic N) is 1. The van der Waals surface area contributed by atoms with Crippen LogP contribution >= 0.6 is 0 Å². The van der Waals surface area contributed by atoms with Crippen molar-refractivity contribution in [2.45, 2.75) is 19.9 Å². The Labute approximate surface area is 120 Å². The first kappa shape index (κ1) is 14.4. The van der Waals surface area contributed by atoms with Gasteiger partial charge < -0.3 is 10.2 Å². The van der Waals surface area contributed by atoms with Gasteiger partial charge in [-0.05, 0) is 49.2 Å². The third kappa shape index (κ3) is 3.29. The van der Waals surface area contributed by atoms with E-state index in [2.05, 4.69) is 41.4 Å². The standard InChI is InChI=1S/C17H21FN2/c1-12-5-8-15(11-17(12)18)19-13(2)14-6-9-16(10-7-14)20(3)4/h5-11,13,19H,1-4H3. The summed E-state index contributed by atoms with van der Waals surface area (Å²) in [6, 6.07) is 13.7. The van der Waals surface area contributed by atoms with Crippen molar-refractivity contribution in [1.82, 2.24) is 0 Å². The Hall–Kier alpha value is -2.03. The molecule has 1 atom stereocenters. The molecule has 1 N–H and O–H groups in total. The van der Waals surface area contributed by atoms with Gasteiger partial charge in [-0.25, -0.2) is 4.39 Å². The minimum atomic E-state index is -0.176. The third-order valence-corrected chi connectivity index (χ3v) is 3.46. The summed E-state index contributed by atoms with van der Waals surface area (Å²) in [4.78, 5) is 2.07. The molecule has 0 aliphatic carbocycles. The van der Waals surface area contributed by atoms with Crippen molar-refractivity contribution in [2.24, 2.45) is 0 Å². The first-order valence-corrected chi connectivity index (χ1v) is 6.77. The summed E-state index contributed by atoms with van der Waals surface area (Å²) in [6.45, 7) is 3.84. The fraction of sp³-hybridized carbons (Fsp3) is 0.294. The minimum Gasteiger partial charge on any atom is -0.378 e. The Bertz CT molecular complexity index is 576. The summed E-state index contributed by atoms with van der Waals surface area (Å²) >= 11 is 0. The van der Waals surface area contributed by atoms with Crippen molar-refractivity contribution >= 4 is 11.4 Å². The molecule has 0 heterocycles. The van der Waals surface area contributed by atoms with Gasteiger partial charge in [-0.15, -0.1) is 0 Å². The first-order valence-electron chi connectivity index (χ1n) is 6.77. The number of rotatable bonds is 4. The van der Waals surface area contributed by atoms with E-state index in [0.29, 0.717) is 5.56 Å². The van der Waals surface area contributed by atoms with Crippen LogP contribution in [0.2, 0.25) is 0 Å². The largest absolute Gasteiger partial charge is 0.378 e. The fourth-order valence-corrected chi connectivity index (χ4v) is 2.08. The van der Waals surface area contributed by atoms with Gasteiger partial charge in [0.1, 0.15) is 5.82 Å². The molecule has 0 saturated carbocycles. The molecule has 0 amide bonds. The Kier molecular flexibility index (Phi) is 4.28. The molecule has 2 aromatic rings. The van der Waals surface area contributed by atoms with E-state index in [-0.39, 0.29) is 11.9 Å². The highest BCUT2D eigenvalue weighted by Crippen LogP contribution is 2.22. The van der Waals surface area contributed by atoms with Crippen molar-refractivity contribution in [1.29, 1.82) is 0 Å². The van der Waals surface area contributed by atoms with E-state index in [9.17, 15) is 4.39 Å². The Morgan fingerprint density at radius 2 is 1.70 bits per heavy atom. The second-order valence-corrected chi connectivity index (χ2v) is 5.32. The van der Waals surface area contributed by atoms with Crippen molar-refractivity contribution in [2.75, 3.05) is 24.3 Å². The van der Waals surface area contributed by atoms with Crippen LogP contribution in [0.4, 0.5) is 15.8 Å². The zero-order valence-corrected chi connectivity index (χ0v) is 12.4. The number of anilines is 2. The van der Waals surface area contributed by atoms with Gasteiger partial charge in [-0.1, -0.05) is 18.2 Å². The lowest BCUT2D eigenvalue weighted by atomic mass is 10.1. The van der Waals surface area contributed by atoms with Gasteiger partial charge >= 0.3 is 0 Å². The molecule has 2 nitrogen and oxygen atoms in total. The molecule has 0 aliphatic rings. The molecule has 0 aromatic heterocycles. The number of aryl methyl sites for hydroxylation is 1. The van der Waals surface area contributed by atoms with E-state index in [0.717, 1.165) is 5.69 Å². The highest BCUT2D eigenvalue weighted by atomic mass is 19.1. The zero-order chi connectivity index (χ0) is 14.7. The maximum absolute atomic E-state index is 13.5. The van der Waals surface area contributed by atoms with Crippen LogP contribution in [0.1, 0.15) is 24.1 Å². The Morgan fingerprint density at radius 3 is 2.25 bits per heavy atom. The highest BCUT2D eigenvalue weighted by molar-refractivity contribution is 5.50. The lowest BCUT2D eigenvalue weighted by Crippen LogP contribution is -2.10. The van der Waals surface area contributed by atoms with Crippen LogP contribution in [0.25, 0.3) is 0 Å². The molecule has 1 unspecified atom stereocenters. The molecule has 0 saturated heterocycles. The third-order valence-electron chi connectivity index (χ3n) is 3.46. The monoisotopic (exact) mass is 272 g/mol. The van der Waals surface area contributed by atoms with Crippen molar-refractivity contribution < 1.29 is 4.39 Å². The quantitative estimate of drug-likeness (QED) is 0.889. The smallest absolute Gasteiger partial charge is 0.128 e. The van der Waals surface area contributed by atoms with Crippen LogP contribution in [-0.4, -0.2) is 14.1 Å². The molecule has 106 valence electrons. The van der Waals surface area contributed by atoms with Gasteiger partial charge in [-0.3, -0.25) is 0 Å². The Balaban J connectivity index is 2.10. The van der Waals surface area contributed by atoms with Gasteiger partial charge in [0, 0.05) is 31.5 Å². The van der Waals surface area contributed by atoms with Crippen LogP contribution in [-0.2, 0) is 0 Å². The molecule has 0 bridgehead atoms. The first-order chi connectivity index (χ1) is 9.47. The number of nitrogens with one attached hydrogen (secondary N) is 1. The number of hydrogen-bond donors (Lipinski definition) is 1. The molecule has 2 rings (SSSR count). The van der Waals surface area contributed by atoms with Gasteiger partial charge in [0.15, 0.2) is 0 Å². The average Bonchev–Trinajstić information content (AvgIpc) is 2.43. The van der Waals surface area contributed by atoms with Crippen LogP contribution in [0.3, 0.4) is 0 Å². The van der Waals surface area contributed by atoms with Gasteiger partial charge in [0.2, 0.25) is 0 Å². The number of hydrogen-bond acceptors (Lipinski definition) is 2. The van der Waals surface area contributed by atoms with E-state index >= 15 is 0 Å². The van der Waals surface area contributed by atoms with Crippen LogP contribution < -0.4 is 10.2 Å². The SMILES string of the molecule is Cc1ccc(NC(C)c2ccc(N(C)C)cc2)cc1F. The summed E-state index contributed by atoms with van der Waals surface area (Å²) in [5, 5.41) is 3.32. The average molecular weight is 272 g/mol. The lowest BCUT2D eigenvalue weighted by molar-refractivity contribution is 0.618. The molecular formula is C17H21FN2. The molecule has 3 heteroatoms. The number of halogens is 1. The van der Waals surface area contributed by atoms with E-state index < -0.39 is 0 Å². The Morgan fingerprint density at radius 1 is 1.05 bits per heavy atom. The van der Waals surface area contributed by atoms with Gasteiger partial charge in [-0.2, -0.15) is 0 Å². The second-order valence-electron chi connectivity index (χ2n) is 5.32. The van der Waals surface area contributed by atoms with Gasteiger partial charge in [0.05, 0.1) is 0 Å². The molecular weight excluding hydrogens is 251 g/mol. The maximum Gasteiger partial charge on any atom is 0.128 e. The lowest BCUT2D eigenvalue weighted by Gasteiger charge is -2.18. The fourth-order valence-electron chi connectivity index (χ4n) is 2.08. The van der Waals surface area contributed by atoms with Crippen molar-refractivity contribution in [3.05, 3.63) is 59.4 Å². The van der Waals surface area contributed by atoms with Crippen molar-refractivity contribution in [3.63, 3.8) is 0 Å². The summed E-state index contributed by atoms with van der Waals surface area (Å²) in [5.74, 6) is -0.176. The summed E-state index contributed by atoms with van der Waals surface area (Å²) in [5.41, 5.74) is 3.81.